The topological polar surface area (TPSA) is 82.6 Å². The van der Waals surface area contributed by atoms with E-state index in [1.165, 1.54) is 0 Å². The number of aromatic nitrogens is 1. The van der Waals surface area contributed by atoms with Crippen molar-refractivity contribution in [2.45, 2.75) is 31.8 Å². The lowest BCUT2D eigenvalue weighted by atomic mass is 10.0. The van der Waals surface area contributed by atoms with Crippen LogP contribution < -0.4 is 5.32 Å². The summed E-state index contributed by atoms with van der Waals surface area (Å²) in [7, 11) is 0. The maximum absolute atomic E-state index is 12.7. The predicted molar refractivity (Wildman–Crippen MR) is 111 cm³/mol. The van der Waals surface area contributed by atoms with Gasteiger partial charge in [-0.15, -0.1) is 0 Å². The van der Waals surface area contributed by atoms with Crippen LogP contribution in [0, 0.1) is 5.92 Å². The molecule has 7 heteroatoms. The van der Waals surface area contributed by atoms with Gasteiger partial charge in [0, 0.05) is 56.6 Å². The average molecular weight is 406 g/mol. The number of carbonyl (C=O) groups excluding carboxylic acids is 3. The molecule has 0 spiro atoms. The van der Waals surface area contributed by atoms with E-state index in [2.05, 4.69) is 10.3 Å². The molecule has 3 amide bonds. The van der Waals surface area contributed by atoms with E-state index in [4.69, 9.17) is 0 Å². The number of hydrogen-bond acceptors (Lipinski definition) is 4. The van der Waals surface area contributed by atoms with E-state index in [-0.39, 0.29) is 36.1 Å². The van der Waals surface area contributed by atoms with E-state index < -0.39 is 0 Å². The van der Waals surface area contributed by atoms with Crippen LogP contribution in [0.5, 0.6) is 0 Å². The fraction of sp³-hybridized carbons (Fsp3) is 0.391. The van der Waals surface area contributed by atoms with Gasteiger partial charge in [-0.3, -0.25) is 19.4 Å². The van der Waals surface area contributed by atoms with Gasteiger partial charge in [-0.05, 0) is 30.5 Å². The second-order valence-electron chi connectivity index (χ2n) is 7.97. The summed E-state index contributed by atoms with van der Waals surface area (Å²) in [6, 6.07) is 13.3. The molecule has 0 aliphatic carbocycles. The molecule has 4 rings (SSSR count). The Morgan fingerprint density at radius 3 is 2.43 bits per heavy atom. The summed E-state index contributed by atoms with van der Waals surface area (Å²) in [5.74, 6) is -0.340. The van der Waals surface area contributed by atoms with Crippen LogP contribution in [-0.2, 0) is 16.1 Å². The van der Waals surface area contributed by atoms with Gasteiger partial charge in [-0.25, -0.2) is 0 Å². The largest absolute Gasteiger partial charge is 0.353 e. The molecular formula is C23H26N4O3. The molecule has 2 fully saturated rings. The Balaban J connectivity index is 1.25. The quantitative estimate of drug-likeness (QED) is 0.822. The zero-order chi connectivity index (χ0) is 20.9. The standard InChI is InChI=1S/C23H26N4O3/c28-21-14-19(16-27(21)15-17-4-2-1-3-5-17)22(29)25-20-8-12-26(13-9-20)23(30)18-6-10-24-11-7-18/h1-7,10-11,19-20H,8-9,12-16H2,(H,25,29). The fourth-order valence-corrected chi connectivity index (χ4v) is 4.13. The molecule has 1 aromatic heterocycles. The van der Waals surface area contributed by atoms with Crippen molar-refractivity contribution in [3.8, 4) is 0 Å². The molecular weight excluding hydrogens is 380 g/mol. The Bertz CT molecular complexity index is 895. The van der Waals surface area contributed by atoms with Crippen LogP contribution >= 0.6 is 0 Å². The number of rotatable bonds is 5. The van der Waals surface area contributed by atoms with E-state index in [0.717, 1.165) is 18.4 Å². The van der Waals surface area contributed by atoms with Crippen molar-refractivity contribution in [2.24, 2.45) is 5.92 Å². The van der Waals surface area contributed by atoms with Crippen LogP contribution in [0.25, 0.3) is 0 Å². The number of likely N-dealkylation sites (tertiary alicyclic amines) is 2. The summed E-state index contributed by atoms with van der Waals surface area (Å²) >= 11 is 0. The van der Waals surface area contributed by atoms with Gasteiger partial charge < -0.3 is 15.1 Å². The van der Waals surface area contributed by atoms with Gasteiger partial charge in [0.1, 0.15) is 0 Å². The molecule has 0 saturated carbocycles. The lowest BCUT2D eigenvalue weighted by molar-refractivity contribution is -0.129. The number of benzene rings is 1. The summed E-state index contributed by atoms with van der Waals surface area (Å²) < 4.78 is 0. The highest BCUT2D eigenvalue weighted by Crippen LogP contribution is 2.21. The summed E-state index contributed by atoms with van der Waals surface area (Å²) in [4.78, 5) is 45.1. The Morgan fingerprint density at radius 1 is 1.03 bits per heavy atom. The van der Waals surface area contributed by atoms with Crippen LogP contribution in [0.1, 0.15) is 35.2 Å². The molecule has 30 heavy (non-hydrogen) atoms. The van der Waals surface area contributed by atoms with Crippen molar-refractivity contribution in [1.29, 1.82) is 0 Å². The lowest BCUT2D eigenvalue weighted by Gasteiger charge is -2.33. The molecule has 1 aromatic carbocycles. The third-order valence-electron chi connectivity index (χ3n) is 5.86. The summed E-state index contributed by atoms with van der Waals surface area (Å²) in [6.07, 6.45) is 4.93. The minimum Gasteiger partial charge on any atom is -0.353 e. The number of piperidine rings is 1. The van der Waals surface area contributed by atoms with Crippen LogP contribution in [0.15, 0.2) is 54.9 Å². The molecule has 7 nitrogen and oxygen atoms in total. The molecule has 1 atom stereocenters. The maximum atomic E-state index is 12.7. The van der Waals surface area contributed by atoms with Crippen LogP contribution in [-0.4, -0.2) is 58.2 Å². The van der Waals surface area contributed by atoms with Crippen LogP contribution in [0.3, 0.4) is 0 Å². The third kappa shape index (κ3) is 4.67. The van der Waals surface area contributed by atoms with E-state index >= 15 is 0 Å². The zero-order valence-corrected chi connectivity index (χ0v) is 16.9. The highest BCUT2D eigenvalue weighted by atomic mass is 16.2. The van der Waals surface area contributed by atoms with Gasteiger partial charge >= 0.3 is 0 Å². The first-order valence-electron chi connectivity index (χ1n) is 10.4. The number of nitrogens with one attached hydrogen (secondary N) is 1. The highest BCUT2D eigenvalue weighted by Gasteiger charge is 2.35. The number of amides is 3. The Hall–Kier alpha value is -3.22. The fourth-order valence-electron chi connectivity index (χ4n) is 4.13. The molecule has 2 aliphatic heterocycles. The zero-order valence-electron chi connectivity index (χ0n) is 16.9. The minimum absolute atomic E-state index is 0.000111. The van der Waals surface area contributed by atoms with Gasteiger partial charge in [-0.1, -0.05) is 30.3 Å². The Kier molecular flexibility index (Phi) is 6.07. The second-order valence-corrected chi connectivity index (χ2v) is 7.97. The van der Waals surface area contributed by atoms with E-state index in [1.54, 1.807) is 29.4 Å². The molecule has 1 unspecified atom stereocenters. The molecule has 3 heterocycles. The normalized spacial score (nSPS) is 19.7. The molecule has 1 N–H and O–H groups in total. The van der Waals surface area contributed by atoms with Crippen LogP contribution in [0.4, 0.5) is 0 Å². The first-order valence-corrected chi connectivity index (χ1v) is 10.4. The minimum atomic E-state index is -0.308. The lowest BCUT2D eigenvalue weighted by Crippen LogP contribution is -2.48. The maximum Gasteiger partial charge on any atom is 0.253 e. The summed E-state index contributed by atoms with van der Waals surface area (Å²) in [5.41, 5.74) is 1.70. The SMILES string of the molecule is O=C(NC1CCN(C(=O)c2ccncc2)CC1)C1CC(=O)N(Cc2ccccc2)C1. The van der Waals surface area contributed by atoms with Gasteiger partial charge in [0.05, 0.1) is 5.92 Å². The average Bonchev–Trinajstić information content (AvgIpc) is 3.15. The first kappa shape index (κ1) is 20.1. The molecule has 2 saturated heterocycles. The Morgan fingerprint density at radius 2 is 1.73 bits per heavy atom. The summed E-state index contributed by atoms with van der Waals surface area (Å²) in [5, 5.41) is 3.10. The Labute approximate surface area is 176 Å². The molecule has 156 valence electrons. The van der Waals surface area contributed by atoms with Crippen LogP contribution in [0.2, 0.25) is 0 Å². The summed E-state index contributed by atoms with van der Waals surface area (Å²) in [6.45, 7) is 2.21. The number of hydrogen-bond donors (Lipinski definition) is 1. The van der Waals surface area contributed by atoms with Gasteiger partial charge in [0.25, 0.3) is 5.91 Å². The number of nitrogens with zero attached hydrogens (tertiary/aromatic N) is 3. The van der Waals surface area contributed by atoms with Gasteiger partial charge in [0.2, 0.25) is 11.8 Å². The second kappa shape index (κ2) is 9.07. The number of pyridine rings is 1. The van der Waals surface area contributed by atoms with Crippen molar-refractivity contribution in [2.75, 3.05) is 19.6 Å². The molecule has 2 aliphatic rings. The monoisotopic (exact) mass is 406 g/mol. The van der Waals surface area contributed by atoms with E-state index in [1.807, 2.05) is 35.2 Å². The van der Waals surface area contributed by atoms with Gasteiger partial charge in [0.15, 0.2) is 0 Å². The molecule has 0 bridgehead atoms. The third-order valence-corrected chi connectivity index (χ3v) is 5.86. The van der Waals surface area contributed by atoms with Crippen molar-refractivity contribution in [1.82, 2.24) is 20.1 Å². The molecule has 2 aromatic rings. The van der Waals surface area contributed by atoms with Gasteiger partial charge in [-0.2, -0.15) is 0 Å². The number of carbonyl (C=O) groups is 3. The van der Waals surface area contributed by atoms with Crippen molar-refractivity contribution < 1.29 is 14.4 Å². The smallest absolute Gasteiger partial charge is 0.253 e. The van der Waals surface area contributed by atoms with Crippen molar-refractivity contribution in [3.05, 3.63) is 66.0 Å². The first-order chi connectivity index (χ1) is 14.6. The van der Waals surface area contributed by atoms with Crippen molar-refractivity contribution in [3.63, 3.8) is 0 Å². The van der Waals surface area contributed by atoms with E-state index in [0.29, 0.717) is 31.7 Å². The highest BCUT2D eigenvalue weighted by molar-refractivity contribution is 5.94. The van der Waals surface area contributed by atoms with Crippen molar-refractivity contribution >= 4 is 17.7 Å². The molecule has 0 radical (unpaired) electrons. The van der Waals surface area contributed by atoms with E-state index in [9.17, 15) is 14.4 Å². The predicted octanol–water partition coefficient (Wildman–Crippen LogP) is 1.85.